The molecule has 6 heterocycles. The Balaban J connectivity index is 0.000000227. The van der Waals surface area contributed by atoms with Crippen LogP contribution in [0.2, 0.25) is 0 Å². The van der Waals surface area contributed by atoms with Gasteiger partial charge in [-0.25, -0.2) is 19.2 Å². The van der Waals surface area contributed by atoms with Crippen LogP contribution in [0.1, 0.15) is 122 Å². The van der Waals surface area contributed by atoms with Gasteiger partial charge in [-0.05, 0) is 149 Å². The van der Waals surface area contributed by atoms with Gasteiger partial charge in [0.25, 0.3) is 0 Å². The molecule has 6 unspecified atom stereocenters. The van der Waals surface area contributed by atoms with E-state index in [1.165, 1.54) is 27.8 Å². The highest BCUT2D eigenvalue weighted by Crippen LogP contribution is 2.27. The third-order valence-corrected chi connectivity index (χ3v) is 15.3. The van der Waals surface area contributed by atoms with E-state index in [1.807, 2.05) is 182 Å². The molecule has 7 N–H and O–H groups in total. The van der Waals surface area contributed by atoms with Gasteiger partial charge < -0.3 is 60.9 Å². The first-order chi connectivity index (χ1) is 43.9. The zero-order chi connectivity index (χ0) is 65.8. The maximum atomic E-state index is 11.5. The number of likely N-dealkylation sites (N-methyl/N-ethyl adjacent to an activating group) is 6. The number of carbonyl (C=O) groups excluding carboxylic acids is 6. The van der Waals surface area contributed by atoms with Crippen LogP contribution in [-0.2, 0) is 94.7 Å². The molecule has 6 aromatic rings. The Morgan fingerprint density at radius 2 is 0.700 bits per heavy atom. The van der Waals surface area contributed by atoms with E-state index in [0.717, 1.165) is 72.8 Å². The maximum absolute atomic E-state index is 11.5. The topological polar surface area (TPSA) is 233 Å². The number of amides is 1. The number of nitrogens with one attached hydrogen (secondary N) is 7. The number of carbonyl (C=O) groups is 6. The minimum absolute atomic E-state index is 0.0868. The standard InChI is InChI=1S/C11H14N2O.5C11H13NO2.3C2H6/c1-12-10-6-8-4-2-3-5-9(8)7-13-11(10)14;1-12-10-6-8-4-2-3-5-9(8)7-14-11(10)13;2*1-12-9-7-6-8-4-2-3-5-10(8)14-11(9)13;2*1-12-10-9-5-3-2-4-8(9)6-7-14-11(10)13;3*1-2/h2-5,10,12H,6-7H2,1H3,(H,13,14);2-5,10,12H,6-7H2,1H3;2*2-5,9,12H,6-7H2,1H3;2*2-5,10,12H,6-7H2,1H3;3*1-2H3. The Morgan fingerprint density at radius 3 is 1.12 bits per heavy atom. The fourth-order valence-electron chi connectivity index (χ4n) is 10.4. The van der Waals surface area contributed by atoms with Crippen LogP contribution >= 0.6 is 0 Å². The lowest BCUT2D eigenvalue weighted by Gasteiger charge is -2.13. The summed E-state index contributed by atoms with van der Waals surface area (Å²) >= 11 is 0. The largest absolute Gasteiger partial charge is 0.464 e. The molecule has 18 nitrogen and oxygen atoms in total. The van der Waals surface area contributed by atoms with E-state index in [2.05, 4.69) is 49.4 Å². The van der Waals surface area contributed by atoms with Gasteiger partial charge >= 0.3 is 29.8 Å². The van der Waals surface area contributed by atoms with Gasteiger partial charge in [0.05, 0.1) is 19.3 Å². The summed E-state index contributed by atoms with van der Waals surface area (Å²) in [6, 6.07) is 46.1. The second-order valence-corrected chi connectivity index (χ2v) is 20.4. The molecule has 0 saturated carbocycles. The van der Waals surface area contributed by atoms with E-state index < -0.39 is 0 Å². The highest BCUT2D eigenvalue weighted by molar-refractivity contribution is 5.83. The molecule has 6 aliphatic heterocycles. The highest BCUT2D eigenvalue weighted by atomic mass is 16.6. The normalized spacial score (nSPS) is 19.7. The molecule has 0 fully saturated rings. The summed E-state index contributed by atoms with van der Waals surface area (Å²) < 4.78 is 25.8. The predicted octanol–water partition coefficient (Wildman–Crippen LogP) is 8.74. The number of esters is 5. The molecular formula is C72H97N7O11. The van der Waals surface area contributed by atoms with Gasteiger partial charge in [0.15, 0.2) is 0 Å². The molecule has 1 amide bonds. The monoisotopic (exact) mass is 1240 g/mol. The number of para-hydroxylation sites is 2. The van der Waals surface area contributed by atoms with E-state index in [0.29, 0.717) is 44.3 Å². The van der Waals surface area contributed by atoms with Gasteiger partial charge in [0.2, 0.25) is 5.91 Å². The van der Waals surface area contributed by atoms with E-state index >= 15 is 0 Å². The van der Waals surface area contributed by atoms with Crippen molar-refractivity contribution in [2.45, 2.75) is 142 Å². The molecule has 0 saturated heterocycles. The molecule has 12 rings (SSSR count). The van der Waals surface area contributed by atoms with Crippen molar-refractivity contribution in [1.29, 1.82) is 0 Å². The van der Waals surface area contributed by atoms with E-state index in [9.17, 15) is 28.8 Å². The molecule has 90 heavy (non-hydrogen) atoms. The van der Waals surface area contributed by atoms with Crippen molar-refractivity contribution >= 4 is 35.8 Å². The fraction of sp³-hybridized carbons (Fsp3) is 0.417. The second kappa shape index (κ2) is 41.2. The Kier molecular flexibility index (Phi) is 34.1. The zero-order valence-electron chi connectivity index (χ0n) is 54.8. The first-order valence-electron chi connectivity index (χ1n) is 31.6. The second-order valence-electron chi connectivity index (χ2n) is 20.4. The number of hydrogen-bond acceptors (Lipinski definition) is 17. The van der Waals surface area contributed by atoms with Crippen molar-refractivity contribution < 1.29 is 52.5 Å². The van der Waals surface area contributed by atoms with Gasteiger partial charge in [-0.1, -0.05) is 175 Å². The number of ether oxygens (including phenoxy) is 5. The van der Waals surface area contributed by atoms with Gasteiger partial charge in [0, 0.05) is 19.4 Å². The molecule has 0 radical (unpaired) electrons. The van der Waals surface area contributed by atoms with Crippen molar-refractivity contribution in [1.82, 2.24) is 37.2 Å². The molecule has 18 heteroatoms. The summed E-state index contributed by atoms with van der Waals surface area (Å²) in [5, 5.41) is 20.7. The summed E-state index contributed by atoms with van der Waals surface area (Å²) in [6.45, 7) is 14.0. The average Bonchev–Trinajstić information content (AvgIpc) is 3.83. The van der Waals surface area contributed by atoms with E-state index in [4.69, 9.17) is 23.7 Å². The van der Waals surface area contributed by atoms with E-state index in [-0.39, 0.29) is 72.0 Å². The number of hydrogen-bond donors (Lipinski definition) is 7. The molecule has 6 aliphatic rings. The van der Waals surface area contributed by atoms with E-state index in [1.54, 1.807) is 35.2 Å². The first-order valence-corrected chi connectivity index (χ1v) is 31.6. The van der Waals surface area contributed by atoms with Crippen molar-refractivity contribution in [3.63, 3.8) is 0 Å². The van der Waals surface area contributed by atoms with Gasteiger partial charge in [-0.15, -0.1) is 0 Å². The predicted molar refractivity (Wildman–Crippen MR) is 354 cm³/mol. The van der Waals surface area contributed by atoms with Crippen molar-refractivity contribution in [2.24, 2.45) is 0 Å². The van der Waals surface area contributed by atoms with Crippen molar-refractivity contribution in [2.75, 3.05) is 55.5 Å². The lowest BCUT2D eigenvalue weighted by molar-refractivity contribution is -0.147. The highest BCUT2D eigenvalue weighted by Gasteiger charge is 2.29. The van der Waals surface area contributed by atoms with Crippen LogP contribution in [0.25, 0.3) is 0 Å². The zero-order valence-corrected chi connectivity index (χ0v) is 54.8. The third-order valence-electron chi connectivity index (χ3n) is 15.3. The molecule has 6 atom stereocenters. The summed E-state index contributed by atoms with van der Waals surface area (Å²) in [5.74, 6) is 0.600. The smallest absolute Gasteiger partial charge is 0.328 e. The summed E-state index contributed by atoms with van der Waals surface area (Å²) in [4.78, 5) is 69.1. The fourth-order valence-corrected chi connectivity index (χ4v) is 10.4. The number of cyclic esters (lactones) is 3. The number of aryl methyl sites for hydroxylation is 2. The van der Waals surface area contributed by atoms with Gasteiger partial charge in [-0.2, -0.15) is 0 Å². The first kappa shape index (κ1) is 74.4. The minimum Gasteiger partial charge on any atom is -0.464 e. The van der Waals surface area contributed by atoms with Gasteiger partial charge in [0.1, 0.15) is 48.3 Å². The Bertz CT molecular complexity index is 2960. The lowest BCUT2D eigenvalue weighted by atomic mass is 9.99. The van der Waals surface area contributed by atoms with Crippen LogP contribution in [-0.4, -0.2) is 115 Å². The summed E-state index contributed by atoms with van der Waals surface area (Å²) in [5.41, 5.74) is 11.5. The Morgan fingerprint density at radius 1 is 0.344 bits per heavy atom. The molecule has 486 valence electrons. The number of benzene rings is 6. The molecule has 0 aliphatic carbocycles. The maximum Gasteiger partial charge on any atom is 0.328 e. The van der Waals surface area contributed by atoms with Crippen LogP contribution in [0.5, 0.6) is 11.5 Å². The lowest BCUT2D eigenvalue weighted by Crippen LogP contribution is -2.41. The minimum atomic E-state index is -0.311. The van der Waals surface area contributed by atoms with Crippen LogP contribution in [0, 0.1) is 0 Å². The third kappa shape index (κ3) is 22.1. The van der Waals surface area contributed by atoms with Gasteiger partial charge in [-0.3, -0.25) is 9.59 Å². The summed E-state index contributed by atoms with van der Waals surface area (Å²) in [7, 11) is 10.7. The van der Waals surface area contributed by atoms with Crippen LogP contribution in [0.4, 0.5) is 0 Å². The quantitative estimate of drug-likeness (QED) is 0.0469. The molecule has 0 spiro atoms. The Labute approximate surface area is 533 Å². The summed E-state index contributed by atoms with van der Waals surface area (Å²) in [6.07, 6.45) is 6.46. The Hall–Kier alpha value is -8.10. The molecular weight excluding hydrogens is 1140 g/mol. The SMILES string of the molecule is CC.CC.CC.CNC1C(=O)OCCc2ccccc21.CNC1C(=O)OCCc2ccccc21.CNC1CCc2ccccc2OC1=O.CNC1CCc2ccccc2OC1=O.CNC1Cc2ccccc2CNC1=O.CNC1Cc2ccccc2COC1=O. The van der Waals surface area contributed by atoms with Crippen LogP contribution in [0.15, 0.2) is 146 Å². The molecule has 0 bridgehead atoms. The molecule has 6 aromatic carbocycles. The van der Waals surface area contributed by atoms with Crippen LogP contribution < -0.4 is 46.7 Å². The van der Waals surface area contributed by atoms with Crippen LogP contribution in [0.3, 0.4) is 0 Å². The van der Waals surface area contributed by atoms with Crippen molar-refractivity contribution in [3.05, 3.63) is 201 Å². The number of fused-ring (bicyclic) bond motifs is 6. The van der Waals surface area contributed by atoms with Crippen molar-refractivity contribution in [3.8, 4) is 11.5 Å². The molecule has 0 aromatic heterocycles. The number of rotatable bonds is 6. The average molecular weight is 1240 g/mol.